The van der Waals surface area contributed by atoms with E-state index < -0.39 is 8.07 Å². The number of rotatable bonds is 5. The van der Waals surface area contributed by atoms with Gasteiger partial charge in [-0.3, -0.25) is 0 Å². The lowest BCUT2D eigenvalue weighted by molar-refractivity contribution is 0.418. The molecule has 0 N–H and O–H groups in total. The van der Waals surface area contributed by atoms with Gasteiger partial charge in [0.15, 0.2) is 0 Å². The predicted molar refractivity (Wildman–Crippen MR) is 123 cm³/mol. The van der Waals surface area contributed by atoms with Gasteiger partial charge in [0.25, 0.3) is 0 Å². The first-order valence-corrected chi connectivity index (χ1v) is 15.9. The molecule has 0 atom stereocenters. The summed E-state index contributed by atoms with van der Waals surface area (Å²) in [6.45, 7) is 10.9. The van der Waals surface area contributed by atoms with Crippen LogP contribution in [0.2, 0.25) is 38.1 Å². The summed E-state index contributed by atoms with van der Waals surface area (Å²) in [6.07, 6.45) is 25.2. The highest BCUT2D eigenvalue weighted by molar-refractivity contribution is 7.06. The lowest BCUT2D eigenvalue weighted by Crippen LogP contribution is -2.52. The SMILES string of the molecule is C[B-](/C(=C/C1CCCCC1)[Si](C)(C)C)(C1CCCCC1)C1CCCCC1. The van der Waals surface area contributed by atoms with Crippen LogP contribution in [-0.2, 0) is 0 Å². The Balaban J connectivity index is 1.98. The minimum atomic E-state index is -1.29. The first-order chi connectivity index (χ1) is 12.4. The van der Waals surface area contributed by atoms with Crippen molar-refractivity contribution >= 4 is 14.2 Å². The molecular formula is C24H46BSi-. The van der Waals surface area contributed by atoms with Crippen molar-refractivity contribution in [3.8, 4) is 0 Å². The van der Waals surface area contributed by atoms with Crippen molar-refractivity contribution in [3.63, 3.8) is 0 Å². The topological polar surface area (TPSA) is 0 Å². The van der Waals surface area contributed by atoms with Crippen LogP contribution in [0.15, 0.2) is 11.2 Å². The largest absolute Gasteiger partial charge is 0.244 e. The van der Waals surface area contributed by atoms with Gasteiger partial charge in [-0.15, -0.1) is 6.08 Å². The van der Waals surface area contributed by atoms with Crippen LogP contribution in [0, 0.1) is 5.92 Å². The summed E-state index contributed by atoms with van der Waals surface area (Å²) >= 11 is 0. The molecule has 150 valence electrons. The Morgan fingerprint density at radius 2 is 1.04 bits per heavy atom. The number of allylic oxidation sites excluding steroid dienone is 1. The Bertz CT molecular complexity index is 439. The molecule has 0 amide bonds. The van der Waals surface area contributed by atoms with Crippen molar-refractivity contribution in [3.05, 3.63) is 11.2 Å². The van der Waals surface area contributed by atoms with E-state index in [1.807, 2.05) is 0 Å². The van der Waals surface area contributed by atoms with Gasteiger partial charge in [-0.25, -0.2) is 5.10 Å². The molecule has 0 nitrogen and oxygen atoms in total. The van der Waals surface area contributed by atoms with E-state index in [0.29, 0.717) is 0 Å². The number of hydrogen-bond donors (Lipinski definition) is 0. The molecule has 0 aromatic carbocycles. The molecular weight excluding hydrogens is 327 g/mol. The quantitative estimate of drug-likeness (QED) is 0.423. The summed E-state index contributed by atoms with van der Waals surface area (Å²) in [7, 11) is -1.29. The van der Waals surface area contributed by atoms with Gasteiger partial charge < -0.3 is 0 Å². The average Bonchev–Trinajstić information content (AvgIpc) is 2.67. The third-order valence-corrected chi connectivity index (χ3v) is 11.4. The molecule has 0 spiro atoms. The lowest BCUT2D eigenvalue weighted by Gasteiger charge is -2.58. The third-order valence-electron chi connectivity index (χ3n) is 8.86. The molecule has 0 aliphatic heterocycles. The van der Waals surface area contributed by atoms with Crippen LogP contribution in [0.3, 0.4) is 0 Å². The van der Waals surface area contributed by atoms with E-state index in [9.17, 15) is 0 Å². The first kappa shape index (κ1) is 20.7. The summed E-state index contributed by atoms with van der Waals surface area (Å²) in [6, 6.07) is 0. The van der Waals surface area contributed by atoms with Crippen molar-refractivity contribution < 1.29 is 0 Å². The molecule has 3 aliphatic rings. The Labute approximate surface area is 165 Å². The van der Waals surface area contributed by atoms with Gasteiger partial charge >= 0.3 is 0 Å². The van der Waals surface area contributed by atoms with E-state index in [0.717, 1.165) is 17.6 Å². The van der Waals surface area contributed by atoms with Crippen LogP contribution < -0.4 is 0 Å². The van der Waals surface area contributed by atoms with Gasteiger partial charge in [0.1, 0.15) is 0 Å². The van der Waals surface area contributed by atoms with Crippen molar-refractivity contribution in [2.24, 2.45) is 5.92 Å². The molecule has 0 aromatic heterocycles. The number of hydrogen-bond acceptors (Lipinski definition) is 0. The molecule has 3 rings (SSSR count). The highest BCUT2D eigenvalue weighted by Crippen LogP contribution is 2.53. The molecule has 0 bridgehead atoms. The van der Waals surface area contributed by atoms with Crippen LogP contribution in [-0.4, -0.2) is 14.2 Å². The molecule has 0 aromatic rings. The predicted octanol–water partition coefficient (Wildman–Crippen LogP) is 8.66. The van der Waals surface area contributed by atoms with Gasteiger partial charge in [-0.1, -0.05) is 103 Å². The van der Waals surface area contributed by atoms with Crippen LogP contribution in [0.4, 0.5) is 0 Å². The monoisotopic (exact) mass is 373 g/mol. The minimum Gasteiger partial charge on any atom is -0.244 e. The van der Waals surface area contributed by atoms with E-state index >= 15 is 0 Å². The van der Waals surface area contributed by atoms with Gasteiger partial charge in [0, 0.05) is 14.2 Å². The second kappa shape index (κ2) is 9.01. The normalized spacial score (nSPS) is 26.2. The highest BCUT2D eigenvalue weighted by Gasteiger charge is 2.42. The van der Waals surface area contributed by atoms with Crippen LogP contribution in [0.25, 0.3) is 0 Å². The van der Waals surface area contributed by atoms with Crippen LogP contribution >= 0.6 is 0 Å². The molecule has 3 fully saturated rings. The van der Waals surface area contributed by atoms with Gasteiger partial charge in [0.05, 0.1) is 0 Å². The molecule has 0 radical (unpaired) electrons. The first-order valence-electron chi connectivity index (χ1n) is 12.4. The summed E-state index contributed by atoms with van der Waals surface area (Å²) < 4.78 is 0. The Kier molecular flexibility index (Phi) is 7.19. The van der Waals surface area contributed by atoms with E-state index in [4.69, 9.17) is 0 Å². The van der Waals surface area contributed by atoms with Crippen LogP contribution in [0.5, 0.6) is 0 Å². The molecule has 2 heteroatoms. The average molecular weight is 374 g/mol. The molecule has 26 heavy (non-hydrogen) atoms. The maximum absolute atomic E-state index is 2.94. The Morgan fingerprint density at radius 1 is 0.654 bits per heavy atom. The minimum absolute atomic E-state index is 0.334. The lowest BCUT2D eigenvalue weighted by atomic mass is 9.12. The fourth-order valence-electron chi connectivity index (χ4n) is 7.49. The third kappa shape index (κ3) is 4.70. The smallest absolute Gasteiger partial charge is 0.0331 e. The second-order valence-corrected chi connectivity index (χ2v) is 16.6. The van der Waals surface area contributed by atoms with Crippen molar-refractivity contribution in [1.82, 2.24) is 0 Å². The Morgan fingerprint density at radius 3 is 1.42 bits per heavy atom. The van der Waals surface area contributed by atoms with Gasteiger partial charge in [-0.2, -0.15) is 18.5 Å². The van der Waals surface area contributed by atoms with Crippen molar-refractivity contribution in [2.75, 3.05) is 0 Å². The maximum atomic E-state index is 2.94. The molecule has 0 saturated heterocycles. The van der Waals surface area contributed by atoms with E-state index in [1.165, 1.54) is 70.6 Å². The van der Waals surface area contributed by atoms with Gasteiger partial charge in [0.2, 0.25) is 0 Å². The zero-order valence-electron chi connectivity index (χ0n) is 18.5. The standard InChI is InChI=1S/C24H46BSi/c1-25(22-16-10-6-11-17-22,23-18-12-7-13-19-23)24(26(2,3)4)20-21-14-8-5-9-15-21/h20-23H,5-19H2,1-4H3/q-1/b24-20-. The van der Waals surface area contributed by atoms with E-state index in [2.05, 4.69) is 37.6 Å². The molecule has 3 saturated carbocycles. The van der Waals surface area contributed by atoms with E-state index in [1.54, 1.807) is 25.7 Å². The summed E-state index contributed by atoms with van der Waals surface area (Å²) in [5, 5.41) is 2.07. The zero-order chi connectivity index (χ0) is 18.6. The second-order valence-electron chi connectivity index (χ2n) is 11.5. The zero-order valence-corrected chi connectivity index (χ0v) is 19.5. The molecule has 0 unspecified atom stereocenters. The molecule has 3 aliphatic carbocycles. The van der Waals surface area contributed by atoms with Crippen molar-refractivity contribution in [1.29, 1.82) is 0 Å². The van der Waals surface area contributed by atoms with Gasteiger partial charge in [-0.05, 0) is 18.8 Å². The summed E-state index contributed by atoms with van der Waals surface area (Å²) in [4.78, 5) is 0. The van der Waals surface area contributed by atoms with Crippen molar-refractivity contribution in [2.45, 2.75) is 134 Å². The fraction of sp³-hybridized carbons (Fsp3) is 0.917. The maximum Gasteiger partial charge on any atom is 0.0331 e. The van der Waals surface area contributed by atoms with E-state index in [-0.39, 0.29) is 6.15 Å². The molecule has 0 heterocycles. The van der Waals surface area contributed by atoms with Crippen LogP contribution in [0.1, 0.15) is 96.3 Å². The fourth-order valence-corrected chi connectivity index (χ4v) is 10.6. The highest BCUT2D eigenvalue weighted by atomic mass is 28.3. The Hall–Kier alpha value is 0.0218. The summed E-state index contributed by atoms with van der Waals surface area (Å²) in [5.74, 6) is 2.99. The summed E-state index contributed by atoms with van der Waals surface area (Å²) in [5.41, 5.74) is 0.